The molecule has 1 unspecified atom stereocenters. The molecule has 0 spiro atoms. The molecule has 1 aromatic rings. The molecule has 0 saturated heterocycles. The predicted octanol–water partition coefficient (Wildman–Crippen LogP) is 2.14. The van der Waals surface area contributed by atoms with Gasteiger partial charge in [0.2, 0.25) is 0 Å². The number of aliphatic hydroxyl groups excluding tert-OH is 1. The summed E-state index contributed by atoms with van der Waals surface area (Å²) in [6.45, 7) is 3.89. The first-order valence-electron chi connectivity index (χ1n) is 6.18. The Bertz CT molecular complexity index is 346. The number of nitrogens with one attached hydrogen (secondary N) is 1. The average Bonchev–Trinajstić information content (AvgIpc) is 2.36. The van der Waals surface area contributed by atoms with E-state index in [-0.39, 0.29) is 18.6 Å². The fourth-order valence-electron chi connectivity index (χ4n) is 1.56. The molecule has 0 heterocycles. The summed E-state index contributed by atoms with van der Waals surface area (Å²) in [6, 6.07) is 7.46. The van der Waals surface area contributed by atoms with Gasteiger partial charge in [-0.2, -0.15) is 0 Å². The quantitative estimate of drug-likeness (QED) is 0.793. The van der Waals surface area contributed by atoms with Crippen molar-refractivity contribution < 1.29 is 9.90 Å². The standard InChI is InChI=1S/C14H21NO2/c1-3-4-5-12-6-8-13(9-7-12)14(17)15-11(2)10-16/h6-9,11,16H,3-5,10H2,1-2H3,(H,15,17). The molecule has 0 aliphatic carbocycles. The third-order valence-electron chi connectivity index (χ3n) is 2.69. The van der Waals surface area contributed by atoms with E-state index >= 15 is 0 Å². The zero-order chi connectivity index (χ0) is 12.7. The highest BCUT2D eigenvalue weighted by Gasteiger charge is 2.08. The van der Waals surface area contributed by atoms with Crippen LogP contribution >= 0.6 is 0 Å². The molecule has 3 heteroatoms. The van der Waals surface area contributed by atoms with Gasteiger partial charge in [-0.05, 0) is 37.5 Å². The first-order chi connectivity index (χ1) is 8.17. The highest BCUT2D eigenvalue weighted by Crippen LogP contribution is 2.08. The van der Waals surface area contributed by atoms with Crippen molar-refractivity contribution in [2.75, 3.05) is 6.61 Å². The second kappa shape index (κ2) is 7.07. The molecule has 0 aliphatic heterocycles. The number of hydrogen-bond donors (Lipinski definition) is 2. The largest absolute Gasteiger partial charge is 0.394 e. The number of aliphatic hydroxyl groups is 1. The number of rotatable bonds is 6. The molecule has 17 heavy (non-hydrogen) atoms. The fourth-order valence-corrected chi connectivity index (χ4v) is 1.56. The number of amides is 1. The van der Waals surface area contributed by atoms with E-state index in [4.69, 9.17) is 5.11 Å². The molecule has 1 rings (SSSR count). The molecule has 2 N–H and O–H groups in total. The summed E-state index contributed by atoms with van der Waals surface area (Å²) in [5.74, 6) is -0.131. The lowest BCUT2D eigenvalue weighted by Gasteiger charge is -2.10. The monoisotopic (exact) mass is 235 g/mol. The molecule has 0 radical (unpaired) electrons. The van der Waals surface area contributed by atoms with E-state index in [0.717, 1.165) is 6.42 Å². The van der Waals surface area contributed by atoms with Gasteiger partial charge >= 0.3 is 0 Å². The van der Waals surface area contributed by atoms with Gasteiger partial charge in [-0.1, -0.05) is 25.5 Å². The van der Waals surface area contributed by atoms with Crippen molar-refractivity contribution in [3.8, 4) is 0 Å². The van der Waals surface area contributed by atoms with Crippen molar-refractivity contribution in [2.45, 2.75) is 39.2 Å². The number of benzene rings is 1. The van der Waals surface area contributed by atoms with Gasteiger partial charge in [-0.25, -0.2) is 0 Å². The van der Waals surface area contributed by atoms with Crippen molar-refractivity contribution in [3.63, 3.8) is 0 Å². The lowest BCUT2D eigenvalue weighted by atomic mass is 10.1. The van der Waals surface area contributed by atoms with Crippen LogP contribution in [0.5, 0.6) is 0 Å². The molecule has 0 bridgehead atoms. The van der Waals surface area contributed by atoms with Crippen LogP contribution in [0.15, 0.2) is 24.3 Å². The summed E-state index contributed by atoms with van der Waals surface area (Å²) in [5, 5.41) is 11.6. The Morgan fingerprint density at radius 1 is 1.35 bits per heavy atom. The van der Waals surface area contributed by atoms with Crippen LogP contribution < -0.4 is 5.32 Å². The Balaban J connectivity index is 2.57. The van der Waals surface area contributed by atoms with Crippen LogP contribution in [0.2, 0.25) is 0 Å². The van der Waals surface area contributed by atoms with Gasteiger partial charge in [-0.3, -0.25) is 4.79 Å². The number of hydrogen-bond acceptors (Lipinski definition) is 2. The lowest BCUT2D eigenvalue weighted by Crippen LogP contribution is -2.34. The lowest BCUT2D eigenvalue weighted by molar-refractivity contribution is 0.0922. The maximum atomic E-state index is 11.7. The minimum absolute atomic E-state index is 0.0413. The minimum atomic E-state index is -0.206. The summed E-state index contributed by atoms with van der Waals surface area (Å²) in [5.41, 5.74) is 1.91. The van der Waals surface area contributed by atoms with E-state index in [1.165, 1.54) is 18.4 Å². The van der Waals surface area contributed by atoms with Crippen molar-refractivity contribution in [2.24, 2.45) is 0 Å². The van der Waals surface area contributed by atoms with Gasteiger partial charge in [0.25, 0.3) is 5.91 Å². The third kappa shape index (κ3) is 4.57. The van der Waals surface area contributed by atoms with Crippen molar-refractivity contribution in [1.82, 2.24) is 5.32 Å². The van der Waals surface area contributed by atoms with E-state index in [0.29, 0.717) is 5.56 Å². The second-order valence-electron chi connectivity index (χ2n) is 4.36. The van der Waals surface area contributed by atoms with Crippen LogP contribution in [-0.4, -0.2) is 23.7 Å². The third-order valence-corrected chi connectivity index (χ3v) is 2.69. The van der Waals surface area contributed by atoms with Crippen LogP contribution in [0.4, 0.5) is 0 Å². The summed E-state index contributed by atoms with van der Waals surface area (Å²) >= 11 is 0. The molecule has 94 valence electrons. The molecule has 3 nitrogen and oxygen atoms in total. The summed E-state index contributed by atoms with van der Waals surface area (Å²) < 4.78 is 0. The molecule has 0 fully saturated rings. The average molecular weight is 235 g/mol. The van der Waals surface area contributed by atoms with Crippen LogP contribution in [0, 0.1) is 0 Å². The van der Waals surface area contributed by atoms with Gasteiger partial charge in [0.15, 0.2) is 0 Å². The Labute approximate surface area is 103 Å². The van der Waals surface area contributed by atoms with E-state index in [1.54, 1.807) is 6.92 Å². The van der Waals surface area contributed by atoms with Gasteiger partial charge in [-0.15, -0.1) is 0 Å². The topological polar surface area (TPSA) is 49.3 Å². The van der Waals surface area contributed by atoms with Crippen molar-refractivity contribution >= 4 is 5.91 Å². The SMILES string of the molecule is CCCCc1ccc(C(=O)NC(C)CO)cc1. The van der Waals surface area contributed by atoms with E-state index in [2.05, 4.69) is 12.2 Å². The molecule has 0 aliphatic rings. The summed E-state index contributed by atoms with van der Waals surface area (Å²) in [7, 11) is 0. The summed E-state index contributed by atoms with van der Waals surface area (Å²) in [4.78, 5) is 11.7. The molecule has 1 atom stereocenters. The number of carbonyl (C=O) groups excluding carboxylic acids is 1. The fraction of sp³-hybridized carbons (Fsp3) is 0.500. The van der Waals surface area contributed by atoms with Gasteiger partial charge in [0.05, 0.1) is 6.61 Å². The Kier molecular flexibility index (Phi) is 5.70. The van der Waals surface area contributed by atoms with Crippen molar-refractivity contribution in [1.29, 1.82) is 0 Å². The molecule has 0 aromatic heterocycles. The van der Waals surface area contributed by atoms with Crippen LogP contribution in [0.25, 0.3) is 0 Å². The van der Waals surface area contributed by atoms with Gasteiger partial charge < -0.3 is 10.4 Å². The minimum Gasteiger partial charge on any atom is -0.394 e. The smallest absolute Gasteiger partial charge is 0.251 e. The first-order valence-corrected chi connectivity index (χ1v) is 6.18. The number of unbranched alkanes of at least 4 members (excludes halogenated alkanes) is 1. The maximum Gasteiger partial charge on any atom is 0.251 e. The molecule has 0 saturated carbocycles. The van der Waals surface area contributed by atoms with E-state index in [1.807, 2.05) is 24.3 Å². The van der Waals surface area contributed by atoms with E-state index in [9.17, 15) is 4.79 Å². The Morgan fingerprint density at radius 3 is 2.53 bits per heavy atom. The second-order valence-corrected chi connectivity index (χ2v) is 4.36. The zero-order valence-electron chi connectivity index (χ0n) is 10.6. The van der Waals surface area contributed by atoms with Crippen molar-refractivity contribution in [3.05, 3.63) is 35.4 Å². The Hall–Kier alpha value is -1.35. The molecular formula is C14H21NO2. The van der Waals surface area contributed by atoms with Crippen LogP contribution in [0.3, 0.4) is 0 Å². The molecular weight excluding hydrogens is 214 g/mol. The van der Waals surface area contributed by atoms with E-state index < -0.39 is 0 Å². The highest BCUT2D eigenvalue weighted by atomic mass is 16.3. The first kappa shape index (κ1) is 13.7. The number of carbonyl (C=O) groups is 1. The zero-order valence-corrected chi connectivity index (χ0v) is 10.6. The maximum absolute atomic E-state index is 11.7. The van der Waals surface area contributed by atoms with Gasteiger partial charge in [0, 0.05) is 11.6 Å². The normalized spacial score (nSPS) is 12.2. The number of aryl methyl sites for hydroxylation is 1. The summed E-state index contributed by atoms with van der Waals surface area (Å²) in [6.07, 6.45) is 3.41. The van der Waals surface area contributed by atoms with Crippen LogP contribution in [-0.2, 0) is 6.42 Å². The molecule has 1 aromatic carbocycles. The highest BCUT2D eigenvalue weighted by molar-refractivity contribution is 5.94. The molecule has 1 amide bonds. The Morgan fingerprint density at radius 2 is 2.00 bits per heavy atom. The predicted molar refractivity (Wildman–Crippen MR) is 69.1 cm³/mol. The van der Waals surface area contributed by atoms with Crippen LogP contribution in [0.1, 0.15) is 42.6 Å². The van der Waals surface area contributed by atoms with Gasteiger partial charge in [0.1, 0.15) is 0 Å².